The fourth-order valence-corrected chi connectivity index (χ4v) is 2.33. The predicted octanol–water partition coefficient (Wildman–Crippen LogP) is 3.00. The summed E-state index contributed by atoms with van der Waals surface area (Å²) in [5, 5.41) is 9.19. The van der Waals surface area contributed by atoms with Crippen LogP contribution < -0.4 is 15.4 Å². The van der Waals surface area contributed by atoms with Crippen molar-refractivity contribution in [2.45, 2.75) is 39.3 Å². The van der Waals surface area contributed by atoms with E-state index < -0.39 is 18.2 Å². The number of nitrogen functional groups attached to an aromatic ring is 1. The molecule has 0 aliphatic rings. The second-order valence-electron chi connectivity index (χ2n) is 4.61. The van der Waals surface area contributed by atoms with Gasteiger partial charge in [-0.3, -0.25) is 0 Å². The molecule has 1 rings (SSSR count). The van der Waals surface area contributed by atoms with Crippen molar-refractivity contribution in [2.75, 3.05) is 23.8 Å². The first kappa shape index (κ1) is 17.4. The molecule has 120 valence electrons. The molecule has 0 bridgehead atoms. The molecule has 0 atom stereocenters. The van der Waals surface area contributed by atoms with E-state index in [0.717, 1.165) is 25.0 Å². The van der Waals surface area contributed by atoms with Gasteiger partial charge in [0.2, 0.25) is 0 Å². The van der Waals surface area contributed by atoms with Crippen molar-refractivity contribution in [1.82, 2.24) is 0 Å². The van der Waals surface area contributed by atoms with Crippen LogP contribution in [0.2, 0.25) is 0 Å². The maximum atomic E-state index is 13.6. The van der Waals surface area contributed by atoms with Crippen LogP contribution in [0.25, 0.3) is 0 Å². The van der Waals surface area contributed by atoms with Crippen LogP contribution >= 0.6 is 0 Å². The summed E-state index contributed by atoms with van der Waals surface area (Å²) in [6.45, 7) is 0.966. The summed E-state index contributed by atoms with van der Waals surface area (Å²) in [5.41, 5.74) is 6.30. The topological polar surface area (TPSA) is 58.7 Å². The first-order valence-electron chi connectivity index (χ1n) is 6.85. The van der Waals surface area contributed by atoms with Gasteiger partial charge in [-0.1, -0.05) is 13.8 Å². The van der Waals surface area contributed by atoms with Crippen molar-refractivity contribution in [3.05, 3.63) is 17.9 Å². The van der Waals surface area contributed by atoms with Gasteiger partial charge in [-0.05, 0) is 12.8 Å². The lowest BCUT2D eigenvalue weighted by atomic mass is 10.1. The Labute approximate surface area is 122 Å². The van der Waals surface area contributed by atoms with Gasteiger partial charge in [0.05, 0.1) is 18.0 Å². The minimum absolute atomic E-state index is 0.0595. The normalized spacial score (nSPS) is 11.2. The van der Waals surface area contributed by atoms with Crippen molar-refractivity contribution >= 4 is 11.4 Å². The van der Waals surface area contributed by atoms with Gasteiger partial charge in [-0.15, -0.1) is 0 Å². The number of rotatable bonds is 8. The number of nitrogens with zero attached hydrogens (tertiary/aromatic N) is 1. The molecule has 0 heterocycles. The third kappa shape index (κ3) is 4.42. The number of alkyl halides is 2. The van der Waals surface area contributed by atoms with Crippen molar-refractivity contribution in [3.63, 3.8) is 0 Å². The second-order valence-corrected chi connectivity index (χ2v) is 4.61. The molecule has 0 aromatic heterocycles. The van der Waals surface area contributed by atoms with Crippen molar-refractivity contribution < 1.29 is 23.0 Å². The van der Waals surface area contributed by atoms with Crippen LogP contribution in [0.3, 0.4) is 0 Å². The second kappa shape index (κ2) is 7.97. The minimum Gasteiger partial charge on any atom is -0.432 e. The smallest absolute Gasteiger partial charge is 0.387 e. The summed E-state index contributed by atoms with van der Waals surface area (Å²) >= 11 is 0. The van der Waals surface area contributed by atoms with Gasteiger partial charge in [0.1, 0.15) is 0 Å². The van der Waals surface area contributed by atoms with Crippen molar-refractivity contribution in [3.8, 4) is 5.75 Å². The maximum absolute atomic E-state index is 13.6. The lowest BCUT2D eigenvalue weighted by Gasteiger charge is -2.33. The molecule has 0 saturated heterocycles. The molecule has 3 N–H and O–H groups in total. The number of halogens is 3. The summed E-state index contributed by atoms with van der Waals surface area (Å²) < 4.78 is 42.4. The van der Waals surface area contributed by atoms with Crippen LogP contribution in [0.5, 0.6) is 5.75 Å². The Balaban J connectivity index is 3.23. The van der Waals surface area contributed by atoms with Crippen LogP contribution in [-0.4, -0.2) is 30.9 Å². The van der Waals surface area contributed by atoms with Crippen LogP contribution in [0.4, 0.5) is 24.5 Å². The van der Waals surface area contributed by atoms with E-state index >= 15 is 0 Å². The Morgan fingerprint density at radius 2 is 1.90 bits per heavy atom. The number of aliphatic hydroxyl groups is 1. The third-order valence-electron chi connectivity index (χ3n) is 3.33. The number of benzene rings is 1. The highest BCUT2D eigenvalue weighted by atomic mass is 19.3. The molecule has 0 aliphatic carbocycles. The number of aliphatic hydroxyl groups excluding tert-OH is 1. The van der Waals surface area contributed by atoms with Gasteiger partial charge in [0.25, 0.3) is 0 Å². The van der Waals surface area contributed by atoms with Crippen molar-refractivity contribution in [2.24, 2.45) is 0 Å². The Hall–Kier alpha value is -1.63. The molecule has 0 saturated carbocycles. The summed E-state index contributed by atoms with van der Waals surface area (Å²) in [7, 11) is 0. The van der Waals surface area contributed by atoms with E-state index in [4.69, 9.17) is 5.73 Å². The number of anilines is 2. The Bertz CT molecular complexity index is 454. The van der Waals surface area contributed by atoms with Crippen LogP contribution in [0.15, 0.2) is 12.1 Å². The zero-order chi connectivity index (χ0) is 16.0. The molecule has 0 amide bonds. The predicted molar refractivity (Wildman–Crippen MR) is 76.2 cm³/mol. The Kier molecular flexibility index (Phi) is 6.61. The molecule has 21 heavy (non-hydrogen) atoms. The fraction of sp³-hybridized carbons (Fsp3) is 0.571. The largest absolute Gasteiger partial charge is 0.432 e. The van der Waals surface area contributed by atoms with Crippen molar-refractivity contribution in [1.29, 1.82) is 0 Å². The van der Waals surface area contributed by atoms with E-state index in [9.17, 15) is 18.3 Å². The van der Waals surface area contributed by atoms with E-state index in [1.807, 2.05) is 13.8 Å². The quantitative estimate of drug-likeness (QED) is 0.725. The Morgan fingerprint density at radius 3 is 2.38 bits per heavy atom. The highest BCUT2D eigenvalue weighted by Crippen LogP contribution is 2.33. The zero-order valence-electron chi connectivity index (χ0n) is 12.2. The number of hydrogen-bond donors (Lipinski definition) is 2. The monoisotopic (exact) mass is 306 g/mol. The Morgan fingerprint density at radius 1 is 1.29 bits per heavy atom. The lowest BCUT2D eigenvalue weighted by Crippen LogP contribution is -2.37. The molecule has 0 spiro atoms. The first-order chi connectivity index (χ1) is 9.94. The van der Waals surface area contributed by atoms with Gasteiger partial charge in [0, 0.05) is 24.7 Å². The molecule has 0 aliphatic heterocycles. The van der Waals surface area contributed by atoms with Gasteiger partial charge >= 0.3 is 6.61 Å². The lowest BCUT2D eigenvalue weighted by molar-refractivity contribution is -0.0521. The summed E-state index contributed by atoms with van der Waals surface area (Å²) in [4.78, 5) is 1.78. The summed E-state index contributed by atoms with van der Waals surface area (Å²) in [6.07, 6.45) is 1.55. The maximum Gasteiger partial charge on any atom is 0.387 e. The molecule has 0 radical (unpaired) electrons. The molecule has 0 fully saturated rings. The molecule has 0 unspecified atom stereocenters. The van der Waals surface area contributed by atoms with Crippen LogP contribution in [0, 0.1) is 5.82 Å². The molecule has 1 aromatic carbocycles. The highest BCUT2D eigenvalue weighted by Gasteiger charge is 2.21. The standard InChI is InChI=1S/C14H21F3N2O2/c1-3-9(4-2)19(5-6-20)12-8-13(21-14(16)17)10(15)7-11(12)18/h7-9,14,20H,3-6,18H2,1-2H3. The van der Waals surface area contributed by atoms with Gasteiger partial charge in [0.15, 0.2) is 11.6 Å². The van der Waals surface area contributed by atoms with E-state index in [0.29, 0.717) is 5.69 Å². The summed E-state index contributed by atoms with van der Waals surface area (Å²) in [6, 6.07) is 2.18. The van der Waals surface area contributed by atoms with E-state index in [1.165, 1.54) is 0 Å². The fourth-order valence-electron chi connectivity index (χ4n) is 2.33. The van der Waals surface area contributed by atoms with E-state index in [-0.39, 0.29) is 24.9 Å². The average molecular weight is 306 g/mol. The number of hydrogen-bond acceptors (Lipinski definition) is 4. The van der Waals surface area contributed by atoms with Crippen LogP contribution in [0.1, 0.15) is 26.7 Å². The SMILES string of the molecule is CCC(CC)N(CCO)c1cc(OC(F)F)c(F)cc1N. The average Bonchev–Trinajstić information content (AvgIpc) is 2.42. The van der Waals surface area contributed by atoms with Gasteiger partial charge in [-0.2, -0.15) is 8.78 Å². The highest BCUT2D eigenvalue weighted by molar-refractivity contribution is 5.70. The molecular formula is C14H21F3N2O2. The van der Waals surface area contributed by atoms with Crippen LogP contribution in [-0.2, 0) is 0 Å². The molecule has 7 heteroatoms. The van der Waals surface area contributed by atoms with E-state index in [1.54, 1.807) is 4.90 Å². The summed E-state index contributed by atoms with van der Waals surface area (Å²) in [5.74, 6) is -1.49. The molecular weight excluding hydrogens is 285 g/mol. The molecule has 4 nitrogen and oxygen atoms in total. The number of ether oxygens (including phenoxy) is 1. The minimum atomic E-state index is -3.12. The van der Waals surface area contributed by atoms with Gasteiger partial charge in [-0.25, -0.2) is 4.39 Å². The number of nitrogens with two attached hydrogens (primary N) is 1. The first-order valence-corrected chi connectivity index (χ1v) is 6.85. The zero-order valence-corrected chi connectivity index (χ0v) is 12.2. The van der Waals surface area contributed by atoms with E-state index in [2.05, 4.69) is 4.74 Å². The third-order valence-corrected chi connectivity index (χ3v) is 3.33. The van der Waals surface area contributed by atoms with Gasteiger partial charge < -0.3 is 20.5 Å². The molecule has 1 aromatic rings.